The van der Waals surface area contributed by atoms with Crippen molar-refractivity contribution in [1.82, 2.24) is 0 Å². The van der Waals surface area contributed by atoms with Gasteiger partial charge in [0.15, 0.2) is 5.71 Å². The van der Waals surface area contributed by atoms with E-state index in [1.165, 1.54) is 31.4 Å². The molecule has 6 heteroatoms. The van der Waals surface area contributed by atoms with E-state index in [0.29, 0.717) is 12.2 Å². The van der Waals surface area contributed by atoms with Crippen molar-refractivity contribution >= 4 is 11.5 Å². The molecule has 0 aliphatic rings. The number of aliphatic imine (C=N–C) groups is 1. The van der Waals surface area contributed by atoms with Crippen molar-refractivity contribution in [1.29, 1.82) is 0 Å². The minimum Gasteiger partial charge on any atom is -0.497 e. The minimum atomic E-state index is -4.75. The number of alkyl halides is 3. The van der Waals surface area contributed by atoms with Crippen molar-refractivity contribution in [3.63, 3.8) is 0 Å². The Morgan fingerprint density at radius 1 is 1.04 bits per heavy atom. The third kappa shape index (κ3) is 6.72. The van der Waals surface area contributed by atoms with Crippen LogP contribution < -0.4 is 4.74 Å². The smallest absolute Gasteiger partial charge is 0.436 e. The van der Waals surface area contributed by atoms with Gasteiger partial charge in [-0.1, -0.05) is 39.0 Å². The molecule has 1 aromatic carbocycles. The van der Waals surface area contributed by atoms with Crippen molar-refractivity contribution < 1.29 is 22.7 Å². The first-order chi connectivity index (χ1) is 11.4. The fraction of sp³-hybridized carbons (Fsp3) is 0.556. The van der Waals surface area contributed by atoms with Gasteiger partial charge in [-0.25, -0.2) is 0 Å². The number of hydrogen-bond donors (Lipinski definition) is 0. The SMILES string of the molecule is CCCCCCCCN=C(C(=O)c1ccc(OC)cc1)C(F)(F)F. The zero-order chi connectivity index (χ0) is 18.0. The van der Waals surface area contributed by atoms with E-state index >= 15 is 0 Å². The number of rotatable bonds is 10. The van der Waals surface area contributed by atoms with Crippen molar-refractivity contribution in [3.8, 4) is 5.75 Å². The normalized spacial score (nSPS) is 12.3. The third-order valence-electron chi connectivity index (χ3n) is 3.62. The molecular weight excluding hydrogens is 319 g/mol. The average Bonchev–Trinajstić information content (AvgIpc) is 2.56. The van der Waals surface area contributed by atoms with Crippen LogP contribution in [0, 0.1) is 0 Å². The highest BCUT2D eigenvalue weighted by molar-refractivity contribution is 6.47. The Morgan fingerprint density at radius 2 is 1.62 bits per heavy atom. The van der Waals surface area contributed by atoms with Crippen LogP contribution in [0.2, 0.25) is 0 Å². The van der Waals surface area contributed by atoms with Gasteiger partial charge in [0.05, 0.1) is 7.11 Å². The van der Waals surface area contributed by atoms with Gasteiger partial charge in [-0.05, 0) is 30.7 Å². The highest BCUT2D eigenvalue weighted by Gasteiger charge is 2.40. The predicted molar refractivity (Wildman–Crippen MR) is 89.1 cm³/mol. The van der Waals surface area contributed by atoms with E-state index in [2.05, 4.69) is 11.9 Å². The average molecular weight is 343 g/mol. The molecule has 24 heavy (non-hydrogen) atoms. The van der Waals surface area contributed by atoms with Gasteiger partial charge in [-0.3, -0.25) is 9.79 Å². The molecule has 1 rings (SSSR count). The lowest BCUT2D eigenvalue weighted by molar-refractivity contribution is -0.0583. The second-order valence-corrected chi connectivity index (χ2v) is 5.55. The van der Waals surface area contributed by atoms with Gasteiger partial charge in [0.2, 0.25) is 5.78 Å². The molecule has 0 bridgehead atoms. The monoisotopic (exact) mass is 343 g/mol. The van der Waals surface area contributed by atoms with Crippen LogP contribution in [-0.4, -0.2) is 31.3 Å². The maximum absolute atomic E-state index is 13.1. The molecule has 0 aliphatic carbocycles. The zero-order valence-electron chi connectivity index (χ0n) is 14.2. The van der Waals surface area contributed by atoms with Gasteiger partial charge >= 0.3 is 6.18 Å². The zero-order valence-corrected chi connectivity index (χ0v) is 14.2. The number of halogens is 3. The second-order valence-electron chi connectivity index (χ2n) is 5.55. The topological polar surface area (TPSA) is 38.7 Å². The molecule has 0 amide bonds. The van der Waals surface area contributed by atoms with Crippen LogP contribution in [0.1, 0.15) is 55.8 Å². The van der Waals surface area contributed by atoms with Crippen molar-refractivity contribution in [2.75, 3.05) is 13.7 Å². The molecule has 0 unspecified atom stereocenters. The molecule has 0 saturated heterocycles. The Balaban J connectivity index is 2.70. The quantitative estimate of drug-likeness (QED) is 0.331. The molecule has 0 fully saturated rings. The Bertz CT molecular complexity index is 536. The van der Waals surface area contributed by atoms with Gasteiger partial charge in [0, 0.05) is 12.1 Å². The summed E-state index contributed by atoms with van der Waals surface area (Å²) < 4.78 is 44.2. The Morgan fingerprint density at radius 3 is 2.17 bits per heavy atom. The minimum absolute atomic E-state index is 0.0167. The maximum atomic E-state index is 13.1. The number of hydrogen-bond acceptors (Lipinski definition) is 3. The van der Waals surface area contributed by atoms with E-state index < -0.39 is 17.7 Å². The van der Waals surface area contributed by atoms with Gasteiger partial charge in [0.25, 0.3) is 0 Å². The fourth-order valence-electron chi connectivity index (χ4n) is 2.25. The fourth-order valence-corrected chi connectivity index (χ4v) is 2.25. The largest absolute Gasteiger partial charge is 0.497 e. The number of carbonyl (C=O) groups is 1. The number of Topliss-reactive ketones (excluding diaryl/α,β-unsaturated/α-hetero) is 1. The molecule has 0 saturated carbocycles. The molecule has 0 N–H and O–H groups in total. The number of ketones is 1. The number of methoxy groups -OCH3 is 1. The predicted octanol–water partition coefficient (Wildman–Crippen LogP) is 5.24. The molecule has 0 atom stereocenters. The summed E-state index contributed by atoms with van der Waals surface area (Å²) in [6, 6.07) is 5.53. The summed E-state index contributed by atoms with van der Waals surface area (Å²) in [6.45, 7) is 2.12. The first kappa shape index (κ1) is 20.2. The van der Waals surface area contributed by atoms with E-state index in [1.807, 2.05) is 0 Å². The molecule has 0 aromatic heterocycles. The van der Waals surface area contributed by atoms with Crippen molar-refractivity contribution in [3.05, 3.63) is 29.8 Å². The number of benzene rings is 1. The molecular formula is C18H24F3NO2. The highest BCUT2D eigenvalue weighted by atomic mass is 19.4. The Kier molecular flexibility index (Phi) is 8.50. The highest BCUT2D eigenvalue weighted by Crippen LogP contribution is 2.22. The van der Waals surface area contributed by atoms with Crippen LogP contribution >= 0.6 is 0 Å². The second kappa shape index (κ2) is 10.1. The summed E-state index contributed by atoms with van der Waals surface area (Å²) in [5.74, 6) is -0.625. The van der Waals surface area contributed by atoms with Crippen LogP contribution in [0.15, 0.2) is 29.3 Å². The molecule has 0 radical (unpaired) electrons. The van der Waals surface area contributed by atoms with Gasteiger partial charge in [-0.15, -0.1) is 0 Å². The standard InChI is InChI=1S/C18H24F3NO2/c1-3-4-5-6-7-8-13-22-17(18(19,20)21)16(23)14-9-11-15(24-2)12-10-14/h9-12H,3-8,13H2,1-2H3. The summed E-state index contributed by atoms with van der Waals surface area (Å²) in [5, 5.41) is 0. The summed E-state index contributed by atoms with van der Waals surface area (Å²) in [4.78, 5) is 15.6. The van der Waals surface area contributed by atoms with Gasteiger partial charge < -0.3 is 4.74 Å². The number of nitrogens with zero attached hydrogens (tertiary/aromatic N) is 1. The van der Waals surface area contributed by atoms with E-state index in [9.17, 15) is 18.0 Å². The molecule has 0 aliphatic heterocycles. The number of carbonyl (C=O) groups excluding carboxylic acids is 1. The third-order valence-corrected chi connectivity index (χ3v) is 3.62. The van der Waals surface area contributed by atoms with E-state index in [0.717, 1.165) is 32.1 Å². The maximum Gasteiger partial charge on any atom is 0.436 e. The molecule has 1 aromatic rings. The van der Waals surface area contributed by atoms with Gasteiger partial charge in [0.1, 0.15) is 5.75 Å². The van der Waals surface area contributed by atoms with E-state index in [1.54, 1.807) is 0 Å². The number of unbranched alkanes of at least 4 members (excludes halogenated alkanes) is 5. The van der Waals surface area contributed by atoms with Gasteiger partial charge in [-0.2, -0.15) is 13.2 Å². The van der Waals surface area contributed by atoms with E-state index in [-0.39, 0.29) is 12.1 Å². The Hall–Kier alpha value is -1.85. The lowest BCUT2D eigenvalue weighted by Gasteiger charge is -2.10. The summed E-state index contributed by atoms with van der Waals surface area (Å²) >= 11 is 0. The molecule has 134 valence electrons. The first-order valence-electron chi connectivity index (χ1n) is 8.20. The summed E-state index contributed by atoms with van der Waals surface area (Å²) in [7, 11) is 1.44. The Labute approximate surface area is 140 Å². The van der Waals surface area contributed by atoms with Crippen LogP contribution in [0.5, 0.6) is 5.75 Å². The molecule has 3 nitrogen and oxygen atoms in total. The lowest BCUT2D eigenvalue weighted by atomic mass is 10.1. The van der Waals surface area contributed by atoms with Crippen molar-refractivity contribution in [2.45, 2.75) is 51.6 Å². The summed E-state index contributed by atoms with van der Waals surface area (Å²) in [5.41, 5.74) is -1.38. The first-order valence-corrected chi connectivity index (χ1v) is 8.20. The molecule has 0 heterocycles. The summed E-state index contributed by atoms with van der Waals surface area (Å²) in [6.07, 6.45) is 0.942. The lowest BCUT2D eigenvalue weighted by Crippen LogP contribution is -2.31. The number of ether oxygens (including phenoxy) is 1. The van der Waals surface area contributed by atoms with E-state index in [4.69, 9.17) is 4.74 Å². The molecule has 0 spiro atoms. The van der Waals surface area contributed by atoms with Crippen LogP contribution in [0.4, 0.5) is 13.2 Å². The van der Waals surface area contributed by atoms with Crippen molar-refractivity contribution in [2.24, 2.45) is 4.99 Å². The van der Waals surface area contributed by atoms with Crippen LogP contribution in [0.25, 0.3) is 0 Å². The van der Waals surface area contributed by atoms with Crippen LogP contribution in [0.3, 0.4) is 0 Å². The van der Waals surface area contributed by atoms with Crippen LogP contribution in [-0.2, 0) is 0 Å².